The molecule has 0 aliphatic carbocycles. The third-order valence-corrected chi connectivity index (χ3v) is 5.18. The lowest BCUT2D eigenvalue weighted by atomic mass is 10.1. The Labute approximate surface area is 173 Å². The van der Waals surface area contributed by atoms with Crippen LogP contribution < -0.4 is 10.2 Å². The third-order valence-electron chi connectivity index (χ3n) is 5.18. The van der Waals surface area contributed by atoms with Crippen LogP contribution in [-0.2, 0) is 22.2 Å². The maximum atomic E-state index is 13.5. The molecule has 5 nitrogen and oxygen atoms in total. The highest BCUT2D eigenvalue weighted by Gasteiger charge is 2.37. The first-order chi connectivity index (χ1) is 14.1. The van der Waals surface area contributed by atoms with Crippen LogP contribution in [-0.4, -0.2) is 43.9 Å². The van der Waals surface area contributed by atoms with Gasteiger partial charge in [-0.15, -0.1) is 0 Å². The molecule has 0 radical (unpaired) electrons. The second-order valence-corrected chi connectivity index (χ2v) is 7.59. The van der Waals surface area contributed by atoms with Crippen molar-refractivity contribution in [2.24, 2.45) is 5.92 Å². The monoisotopic (exact) mass is 419 g/mol. The lowest BCUT2D eigenvalue weighted by molar-refractivity contribution is -0.137. The number of nitrogens with zero attached hydrogens (tertiary/aromatic N) is 2. The summed E-state index contributed by atoms with van der Waals surface area (Å²) in [5, 5.41) is 2.38. The van der Waals surface area contributed by atoms with Crippen LogP contribution in [0.5, 0.6) is 0 Å². The van der Waals surface area contributed by atoms with Gasteiger partial charge in [0.1, 0.15) is 0 Å². The molecule has 0 spiro atoms. The zero-order valence-electron chi connectivity index (χ0n) is 16.9. The predicted octanol–water partition coefficient (Wildman–Crippen LogP) is 3.80. The first-order valence-electron chi connectivity index (χ1n) is 9.66. The zero-order chi connectivity index (χ0) is 21.9. The highest BCUT2D eigenvalue weighted by atomic mass is 19.4. The molecule has 1 N–H and O–H groups in total. The number of likely N-dealkylation sites (tertiary alicyclic amines) is 1. The summed E-state index contributed by atoms with van der Waals surface area (Å²) in [5.74, 6) is -1.42. The SMILES string of the molecule is CN(C)c1ccc(NC(=O)C2CC(=O)N(CCc3ccccc3)C2)c(C(F)(F)F)c1. The quantitative estimate of drug-likeness (QED) is 0.775. The van der Waals surface area contributed by atoms with Crippen LogP contribution in [0.4, 0.5) is 24.5 Å². The van der Waals surface area contributed by atoms with Gasteiger partial charge in [0.05, 0.1) is 17.2 Å². The van der Waals surface area contributed by atoms with Gasteiger partial charge in [0, 0.05) is 39.3 Å². The Hall–Kier alpha value is -3.03. The second-order valence-electron chi connectivity index (χ2n) is 7.59. The highest BCUT2D eigenvalue weighted by molar-refractivity contribution is 5.98. The molecular formula is C22H24F3N3O2. The number of carbonyl (C=O) groups excluding carboxylic acids is 2. The Morgan fingerprint density at radius 2 is 1.87 bits per heavy atom. The van der Waals surface area contributed by atoms with Crippen molar-refractivity contribution >= 4 is 23.2 Å². The summed E-state index contributed by atoms with van der Waals surface area (Å²) in [5.41, 5.74) is 0.248. The molecule has 1 heterocycles. The van der Waals surface area contributed by atoms with Crippen molar-refractivity contribution in [1.82, 2.24) is 4.90 Å². The molecule has 1 atom stereocenters. The largest absolute Gasteiger partial charge is 0.418 e. The summed E-state index contributed by atoms with van der Waals surface area (Å²) in [6.07, 6.45) is -3.95. The van der Waals surface area contributed by atoms with Gasteiger partial charge in [-0.3, -0.25) is 9.59 Å². The van der Waals surface area contributed by atoms with Gasteiger partial charge in [-0.1, -0.05) is 30.3 Å². The summed E-state index contributed by atoms with van der Waals surface area (Å²) in [6.45, 7) is 0.673. The van der Waals surface area contributed by atoms with E-state index in [0.29, 0.717) is 18.7 Å². The molecule has 0 aromatic heterocycles. The first-order valence-corrected chi connectivity index (χ1v) is 9.66. The molecule has 2 aromatic rings. The van der Waals surface area contributed by atoms with Crippen LogP contribution in [0, 0.1) is 5.92 Å². The Kier molecular flexibility index (Phi) is 6.34. The number of carbonyl (C=O) groups is 2. The van der Waals surface area contributed by atoms with Gasteiger partial charge in [-0.25, -0.2) is 0 Å². The fourth-order valence-corrected chi connectivity index (χ4v) is 3.46. The van der Waals surface area contributed by atoms with Crippen molar-refractivity contribution in [1.29, 1.82) is 0 Å². The Bertz CT molecular complexity index is 914. The molecule has 1 fully saturated rings. The Morgan fingerprint density at radius 3 is 2.50 bits per heavy atom. The van der Waals surface area contributed by atoms with E-state index in [1.165, 1.54) is 12.1 Å². The molecule has 2 aromatic carbocycles. The number of alkyl halides is 3. The molecule has 1 aliphatic heterocycles. The molecule has 1 unspecified atom stereocenters. The minimum atomic E-state index is -4.61. The average Bonchev–Trinajstić information content (AvgIpc) is 3.07. The fourth-order valence-electron chi connectivity index (χ4n) is 3.46. The maximum Gasteiger partial charge on any atom is 0.418 e. The Morgan fingerprint density at radius 1 is 1.17 bits per heavy atom. The summed E-state index contributed by atoms with van der Waals surface area (Å²) < 4.78 is 40.4. The van der Waals surface area contributed by atoms with E-state index in [4.69, 9.17) is 0 Å². The number of anilines is 2. The molecule has 8 heteroatoms. The van der Waals surface area contributed by atoms with Crippen molar-refractivity contribution in [3.05, 3.63) is 59.7 Å². The summed E-state index contributed by atoms with van der Waals surface area (Å²) in [6, 6.07) is 13.4. The molecule has 1 saturated heterocycles. The summed E-state index contributed by atoms with van der Waals surface area (Å²) in [4.78, 5) is 28.0. The molecule has 0 saturated carbocycles. The number of benzene rings is 2. The van der Waals surface area contributed by atoms with Gasteiger partial charge in [-0.2, -0.15) is 13.2 Å². The number of halogens is 3. The predicted molar refractivity (Wildman–Crippen MR) is 109 cm³/mol. The van der Waals surface area contributed by atoms with E-state index in [1.807, 2.05) is 30.3 Å². The second kappa shape index (κ2) is 8.77. The van der Waals surface area contributed by atoms with Gasteiger partial charge in [-0.05, 0) is 30.2 Å². The van der Waals surface area contributed by atoms with E-state index < -0.39 is 23.6 Å². The lowest BCUT2D eigenvalue weighted by Gasteiger charge is -2.20. The molecule has 1 aliphatic rings. The summed E-state index contributed by atoms with van der Waals surface area (Å²) >= 11 is 0. The van der Waals surface area contributed by atoms with E-state index in [2.05, 4.69) is 5.32 Å². The van der Waals surface area contributed by atoms with Gasteiger partial charge in [0.2, 0.25) is 11.8 Å². The van der Waals surface area contributed by atoms with E-state index in [-0.39, 0.29) is 24.6 Å². The number of hydrogen-bond donors (Lipinski definition) is 1. The highest BCUT2D eigenvalue weighted by Crippen LogP contribution is 2.37. The van der Waals surface area contributed by atoms with Crippen LogP contribution >= 0.6 is 0 Å². The van der Waals surface area contributed by atoms with Crippen LogP contribution in [0.2, 0.25) is 0 Å². The number of amides is 2. The van der Waals surface area contributed by atoms with Crippen molar-refractivity contribution in [3.8, 4) is 0 Å². The van der Waals surface area contributed by atoms with Gasteiger partial charge >= 0.3 is 6.18 Å². The smallest absolute Gasteiger partial charge is 0.378 e. The first kappa shape index (κ1) is 21.7. The van der Waals surface area contributed by atoms with Gasteiger partial charge < -0.3 is 15.1 Å². The summed E-state index contributed by atoms with van der Waals surface area (Å²) in [7, 11) is 3.28. The van der Waals surface area contributed by atoms with Crippen LogP contribution in [0.3, 0.4) is 0 Å². The van der Waals surface area contributed by atoms with Crippen molar-refractivity contribution in [3.63, 3.8) is 0 Å². The van der Waals surface area contributed by atoms with Crippen molar-refractivity contribution in [2.75, 3.05) is 37.4 Å². The van der Waals surface area contributed by atoms with Gasteiger partial charge in [0.25, 0.3) is 0 Å². The minimum Gasteiger partial charge on any atom is -0.378 e. The van der Waals surface area contributed by atoms with Crippen molar-refractivity contribution < 1.29 is 22.8 Å². The molecule has 0 bridgehead atoms. The van der Waals surface area contributed by atoms with Crippen LogP contribution in [0.15, 0.2) is 48.5 Å². The van der Waals surface area contributed by atoms with E-state index in [1.54, 1.807) is 23.9 Å². The number of hydrogen-bond acceptors (Lipinski definition) is 3. The normalized spacial score (nSPS) is 16.6. The topological polar surface area (TPSA) is 52.7 Å². The molecule has 3 rings (SSSR count). The van der Waals surface area contributed by atoms with E-state index in [9.17, 15) is 22.8 Å². The zero-order valence-corrected chi connectivity index (χ0v) is 16.9. The third kappa shape index (κ3) is 5.11. The Balaban J connectivity index is 1.67. The fraction of sp³-hybridized carbons (Fsp3) is 0.364. The van der Waals surface area contributed by atoms with E-state index >= 15 is 0 Å². The molecule has 30 heavy (non-hydrogen) atoms. The minimum absolute atomic E-state index is 0.00223. The molecular weight excluding hydrogens is 395 g/mol. The van der Waals surface area contributed by atoms with Gasteiger partial charge in [0.15, 0.2) is 0 Å². The number of nitrogens with one attached hydrogen (secondary N) is 1. The van der Waals surface area contributed by atoms with Crippen molar-refractivity contribution in [2.45, 2.75) is 19.0 Å². The van der Waals surface area contributed by atoms with Crippen LogP contribution in [0.25, 0.3) is 0 Å². The maximum absolute atomic E-state index is 13.5. The van der Waals surface area contributed by atoms with Crippen LogP contribution in [0.1, 0.15) is 17.5 Å². The average molecular weight is 419 g/mol. The number of rotatable bonds is 6. The molecule has 2 amide bonds. The standard InChI is InChI=1S/C22H24F3N3O2/c1-27(2)17-8-9-19(18(13-17)22(23,24)25)26-21(30)16-12-20(29)28(14-16)11-10-15-6-4-3-5-7-15/h3-9,13,16H,10-12,14H2,1-2H3,(H,26,30). The lowest BCUT2D eigenvalue weighted by Crippen LogP contribution is -2.30. The molecule has 160 valence electrons. The van der Waals surface area contributed by atoms with E-state index in [0.717, 1.165) is 11.6 Å².